The summed E-state index contributed by atoms with van der Waals surface area (Å²) in [4.78, 5) is 9.74. The van der Waals surface area contributed by atoms with E-state index in [0.29, 0.717) is 6.54 Å². The Balaban J connectivity index is 1.38. The molecule has 0 amide bonds. The molecule has 0 bridgehead atoms. The monoisotopic (exact) mass is 415 g/mol. The number of rotatable bonds is 11. The number of hydrogen-bond acceptors (Lipinski definition) is 4. The molecule has 6 nitrogen and oxygen atoms in total. The lowest BCUT2D eigenvalue weighted by Gasteiger charge is -2.20. The van der Waals surface area contributed by atoms with Gasteiger partial charge in [-0.05, 0) is 69.8 Å². The summed E-state index contributed by atoms with van der Waals surface area (Å²) >= 11 is 0. The van der Waals surface area contributed by atoms with E-state index in [9.17, 15) is 0 Å². The highest BCUT2D eigenvalue weighted by atomic mass is 16.5. The SMILES string of the molecule is CCNC(=NCc1ccc(CN2CCCN(C)CC2)cc1)NCCCOCC1CC1. The van der Waals surface area contributed by atoms with Crippen LogP contribution >= 0.6 is 0 Å². The average molecular weight is 416 g/mol. The lowest BCUT2D eigenvalue weighted by atomic mass is 10.1. The molecule has 0 radical (unpaired) electrons. The smallest absolute Gasteiger partial charge is 0.191 e. The van der Waals surface area contributed by atoms with Crippen molar-refractivity contribution in [3.8, 4) is 0 Å². The quantitative estimate of drug-likeness (QED) is 0.331. The zero-order chi connectivity index (χ0) is 21.0. The van der Waals surface area contributed by atoms with Crippen LogP contribution in [0.5, 0.6) is 0 Å². The van der Waals surface area contributed by atoms with Crippen molar-refractivity contribution in [1.29, 1.82) is 0 Å². The molecule has 3 rings (SSSR count). The summed E-state index contributed by atoms with van der Waals surface area (Å²) < 4.78 is 5.70. The van der Waals surface area contributed by atoms with Crippen LogP contribution in [0.25, 0.3) is 0 Å². The van der Waals surface area contributed by atoms with Gasteiger partial charge in [-0.15, -0.1) is 0 Å². The van der Waals surface area contributed by atoms with Gasteiger partial charge in [-0.3, -0.25) is 4.90 Å². The zero-order valence-electron chi connectivity index (χ0n) is 19.0. The molecule has 168 valence electrons. The highest BCUT2D eigenvalue weighted by Crippen LogP contribution is 2.28. The molecule has 30 heavy (non-hydrogen) atoms. The number of guanidine groups is 1. The van der Waals surface area contributed by atoms with Gasteiger partial charge in [0, 0.05) is 45.9 Å². The third kappa shape index (κ3) is 9.02. The van der Waals surface area contributed by atoms with Gasteiger partial charge in [0.2, 0.25) is 0 Å². The third-order valence-corrected chi connectivity index (χ3v) is 5.81. The number of benzene rings is 1. The number of nitrogens with one attached hydrogen (secondary N) is 2. The molecule has 1 heterocycles. The number of aliphatic imine (C=N–C) groups is 1. The second-order valence-corrected chi connectivity index (χ2v) is 8.74. The maximum absolute atomic E-state index is 5.70. The van der Waals surface area contributed by atoms with E-state index in [1.54, 1.807) is 0 Å². The van der Waals surface area contributed by atoms with Gasteiger partial charge in [0.05, 0.1) is 6.54 Å². The maximum Gasteiger partial charge on any atom is 0.191 e. The first-order valence-electron chi connectivity index (χ1n) is 11.8. The highest BCUT2D eigenvalue weighted by molar-refractivity contribution is 5.79. The molecule has 1 aromatic carbocycles. The Morgan fingerprint density at radius 1 is 1.07 bits per heavy atom. The second kappa shape index (κ2) is 12.9. The first-order chi connectivity index (χ1) is 14.7. The molecule has 0 unspecified atom stereocenters. The number of likely N-dealkylation sites (N-methyl/N-ethyl adjacent to an activating group) is 1. The van der Waals surface area contributed by atoms with Gasteiger partial charge >= 0.3 is 0 Å². The summed E-state index contributed by atoms with van der Waals surface area (Å²) in [6.45, 7) is 12.1. The summed E-state index contributed by atoms with van der Waals surface area (Å²) in [6.07, 6.45) is 4.98. The Bertz CT molecular complexity index is 629. The van der Waals surface area contributed by atoms with Crippen molar-refractivity contribution in [2.45, 2.75) is 45.7 Å². The van der Waals surface area contributed by atoms with Gasteiger partial charge in [0.1, 0.15) is 0 Å². The van der Waals surface area contributed by atoms with Gasteiger partial charge in [0.25, 0.3) is 0 Å². The van der Waals surface area contributed by atoms with Crippen LogP contribution in [0.3, 0.4) is 0 Å². The molecule has 0 spiro atoms. The maximum atomic E-state index is 5.70. The minimum Gasteiger partial charge on any atom is -0.381 e. The van der Waals surface area contributed by atoms with E-state index in [1.165, 1.54) is 50.0 Å². The molecular weight excluding hydrogens is 374 g/mol. The van der Waals surface area contributed by atoms with E-state index in [2.05, 4.69) is 58.7 Å². The molecule has 6 heteroatoms. The van der Waals surface area contributed by atoms with Crippen LogP contribution < -0.4 is 10.6 Å². The van der Waals surface area contributed by atoms with Crippen molar-refractivity contribution in [3.05, 3.63) is 35.4 Å². The molecule has 2 N–H and O–H groups in total. The van der Waals surface area contributed by atoms with Crippen molar-refractivity contribution in [1.82, 2.24) is 20.4 Å². The van der Waals surface area contributed by atoms with Crippen molar-refractivity contribution >= 4 is 5.96 Å². The van der Waals surface area contributed by atoms with Crippen molar-refractivity contribution in [2.75, 3.05) is 59.5 Å². The van der Waals surface area contributed by atoms with Crippen LogP contribution in [-0.4, -0.2) is 75.3 Å². The lowest BCUT2D eigenvalue weighted by molar-refractivity contribution is 0.123. The Morgan fingerprint density at radius 2 is 1.87 bits per heavy atom. The van der Waals surface area contributed by atoms with E-state index in [-0.39, 0.29) is 0 Å². The Labute approximate surface area is 183 Å². The number of nitrogens with zero attached hydrogens (tertiary/aromatic N) is 3. The van der Waals surface area contributed by atoms with Gasteiger partial charge in [-0.2, -0.15) is 0 Å². The molecule has 1 saturated heterocycles. The fraction of sp³-hybridized carbons (Fsp3) is 0.708. The summed E-state index contributed by atoms with van der Waals surface area (Å²) in [7, 11) is 2.22. The van der Waals surface area contributed by atoms with Crippen molar-refractivity contribution in [3.63, 3.8) is 0 Å². The third-order valence-electron chi connectivity index (χ3n) is 5.81. The van der Waals surface area contributed by atoms with E-state index in [0.717, 1.165) is 57.7 Å². The summed E-state index contributed by atoms with van der Waals surface area (Å²) in [6, 6.07) is 8.96. The van der Waals surface area contributed by atoms with E-state index in [1.807, 2.05) is 0 Å². The largest absolute Gasteiger partial charge is 0.381 e. The normalized spacial score (nSPS) is 18.9. The molecule has 0 aromatic heterocycles. The fourth-order valence-corrected chi connectivity index (χ4v) is 3.69. The number of ether oxygens (including phenoxy) is 1. The Hall–Kier alpha value is -1.63. The van der Waals surface area contributed by atoms with E-state index in [4.69, 9.17) is 9.73 Å². The minimum absolute atomic E-state index is 0.697. The second-order valence-electron chi connectivity index (χ2n) is 8.74. The Kier molecular flexibility index (Phi) is 9.93. The summed E-state index contributed by atoms with van der Waals surface area (Å²) in [5.74, 6) is 1.73. The van der Waals surface area contributed by atoms with Crippen LogP contribution in [0, 0.1) is 5.92 Å². The van der Waals surface area contributed by atoms with Gasteiger partial charge in [-0.25, -0.2) is 4.99 Å². The average Bonchev–Trinajstić information content (AvgIpc) is 3.59. The standard InChI is InChI=1S/C24H41N5O/c1-3-25-24(26-12-4-17-30-20-23-10-11-23)27-18-21-6-8-22(9-7-21)19-29-14-5-13-28(2)15-16-29/h6-9,23H,3-5,10-20H2,1-2H3,(H2,25,26,27). The van der Waals surface area contributed by atoms with Crippen LogP contribution in [0.15, 0.2) is 29.3 Å². The predicted molar refractivity (Wildman–Crippen MR) is 125 cm³/mol. The molecular formula is C24H41N5O. The van der Waals surface area contributed by atoms with Crippen molar-refractivity contribution in [2.24, 2.45) is 10.9 Å². The topological polar surface area (TPSA) is 52.1 Å². The van der Waals surface area contributed by atoms with Gasteiger partial charge in [0.15, 0.2) is 5.96 Å². The van der Waals surface area contributed by atoms with Crippen LogP contribution in [-0.2, 0) is 17.8 Å². The highest BCUT2D eigenvalue weighted by Gasteiger charge is 2.20. The van der Waals surface area contributed by atoms with E-state index < -0.39 is 0 Å². The van der Waals surface area contributed by atoms with Crippen molar-refractivity contribution < 1.29 is 4.74 Å². The fourth-order valence-electron chi connectivity index (χ4n) is 3.69. The molecule has 1 saturated carbocycles. The summed E-state index contributed by atoms with van der Waals surface area (Å²) in [5.41, 5.74) is 2.64. The minimum atomic E-state index is 0.697. The summed E-state index contributed by atoms with van der Waals surface area (Å²) in [5, 5.41) is 6.75. The van der Waals surface area contributed by atoms with Gasteiger partial charge < -0.3 is 20.3 Å². The lowest BCUT2D eigenvalue weighted by Crippen LogP contribution is -2.38. The number of hydrogen-bond donors (Lipinski definition) is 2. The first-order valence-corrected chi connectivity index (χ1v) is 11.8. The molecule has 1 aliphatic heterocycles. The molecule has 0 atom stereocenters. The molecule has 2 aliphatic rings. The predicted octanol–water partition coefficient (Wildman–Crippen LogP) is 2.70. The van der Waals surface area contributed by atoms with Crippen LogP contribution in [0.1, 0.15) is 43.7 Å². The first kappa shape index (κ1) is 23.0. The molecule has 1 aliphatic carbocycles. The molecule has 2 fully saturated rings. The van der Waals surface area contributed by atoms with E-state index >= 15 is 0 Å². The Morgan fingerprint density at radius 3 is 2.63 bits per heavy atom. The van der Waals surface area contributed by atoms with Crippen LogP contribution in [0.4, 0.5) is 0 Å². The zero-order valence-corrected chi connectivity index (χ0v) is 19.0. The van der Waals surface area contributed by atoms with Crippen LogP contribution in [0.2, 0.25) is 0 Å². The molecule has 1 aromatic rings. The van der Waals surface area contributed by atoms with Gasteiger partial charge in [-0.1, -0.05) is 24.3 Å².